The number of benzene rings is 1. The van der Waals surface area contributed by atoms with Crippen molar-refractivity contribution in [1.29, 1.82) is 5.26 Å². The molecule has 5 nitrogen and oxygen atoms in total. The van der Waals surface area contributed by atoms with Crippen molar-refractivity contribution in [3.8, 4) is 6.07 Å². The van der Waals surface area contributed by atoms with E-state index in [1.165, 1.54) is 27.6 Å². The number of hydrogen-bond donors (Lipinski definition) is 1. The zero-order valence-electron chi connectivity index (χ0n) is 14.3. The molecule has 0 atom stereocenters. The molecule has 0 spiro atoms. The molecule has 0 aliphatic rings. The summed E-state index contributed by atoms with van der Waals surface area (Å²) in [5.74, 6) is 0.593. The van der Waals surface area contributed by atoms with Crippen LogP contribution in [-0.4, -0.2) is 16.1 Å². The van der Waals surface area contributed by atoms with Gasteiger partial charge in [-0.2, -0.15) is 5.26 Å². The van der Waals surface area contributed by atoms with Crippen molar-refractivity contribution < 1.29 is 4.79 Å². The number of carbonyl (C=O) groups is 1. The highest BCUT2D eigenvalue weighted by molar-refractivity contribution is 8.00. The first-order valence-electron chi connectivity index (χ1n) is 7.95. The Morgan fingerprint density at radius 2 is 2.04 bits per heavy atom. The Bertz CT molecular complexity index is 954. The fourth-order valence-corrected chi connectivity index (χ4v) is 4.99. The number of nitriles is 1. The van der Waals surface area contributed by atoms with Crippen LogP contribution in [0.3, 0.4) is 0 Å². The molecule has 1 N–H and O–H groups in total. The largest absolute Gasteiger partial charge is 0.296 e. The van der Waals surface area contributed by atoms with Crippen LogP contribution < -0.4 is 5.32 Å². The van der Waals surface area contributed by atoms with Crippen molar-refractivity contribution in [3.05, 3.63) is 56.8 Å². The molecule has 0 saturated heterocycles. The molecule has 0 saturated carbocycles. The second-order valence-electron chi connectivity index (χ2n) is 5.50. The second kappa shape index (κ2) is 8.45. The fraction of sp³-hybridized carbons (Fsp3) is 0.222. The van der Waals surface area contributed by atoms with Gasteiger partial charge in [-0.15, -0.1) is 21.5 Å². The highest BCUT2D eigenvalue weighted by Crippen LogP contribution is 2.29. The van der Waals surface area contributed by atoms with E-state index in [9.17, 15) is 4.79 Å². The van der Waals surface area contributed by atoms with Crippen molar-refractivity contribution in [1.82, 2.24) is 10.2 Å². The van der Waals surface area contributed by atoms with E-state index in [2.05, 4.69) is 28.5 Å². The molecule has 0 radical (unpaired) electrons. The number of anilines is 1. The van der Waals surface area contributed by atoms with Crippen LogP contribution >= 0.6 is 34.4 Å². The molecule has 0 bridgehead atoms. The predicted octanol–water partition coefficient (Wildman–Crippen LogP) is 4.89. The van der Waals surface area contributed by atoms with Gasteiger partial charge in [0.05, 0.1) is 16.5 Å². The van der Waals surface area contributed by atoms with E-state index in [1.807, 2.05) is 25.1 Å². The van der Waals surface area contributed by atoms with Gasteiger partial charge in [-0.1, -0.05) is 42.2 Å². The standard InChI is InChI=1S/C18H16N4OS3/c1-3-14-11(2)8-15(25-14)16(23)20-17-21-22-18(26-17)24-10-13-6-4-12(9-19)5-7-13/h4-8H,3,10H2,1-2H3,(H,20,21,23). The highest BCUT2D eigenvalue weighted by Gasteiger charge is 2.14. The van der Waals surface area contributed by atoms with Gasteiger partial charge in [0.15, 0.2) is 4.34 Å². The Labute approximate surface area is 164 Å². The summed E-state index contributed by atoms with van der Waals surface area (Å²) in [6.07, 6.45) is 0.929. The Balaban J connectivity index is 1.58. The smallest absolute Gasteiger partial charge is 0.267 e. The van der Waals surface area contributed by atoms with E-state index < -0.39 is 0 Å². The Morgan fingerprint density at radius 3 is 2.69 bits per heavy atom. The van der Waals surface area contributed by atoms with Gasteiger partial charge in [-0.25, -0.2) is 0 Å². The average Bonchev–Trinajstić information content (AvgIpc) is 3.26. The van der Waals surface area contributed by atoms with E-state index in [4.69, 9.17) is 5.26 Å². The predicted molar refractivity (Wildman–Crippen MR) is 107 cm³/mol. The summed E-state index contributed by atoms with van der Waals surface area (Å²) in [5, 5.41) is 20.3. The van der Waals surface area contributed by atoms with Gasteiger partial charge in [0.2, 0.25) is 5.13 Å². The van der Waals surface area contributed by atoms with Crippen molar-refractivity contribution in [2.45, 2.75) is 30.4 Å². The molecular formula is C18H16N4OS3. The van der Waals surface area contributed by atoms with E-state index in [0.29, 0.717) is 15.6 Å². The molecule has 0 aliphatic heterocycles. The number of carbonyl (C=O) groups excluding carboxylic acids is 1. The minimum atomic E-state index is -0.141. The Kier molecular flexibility index (Phi) is 6.04. The number of aryl methyl sites for hydroxylation is 2. The lowest BCUT2D eigenvalue weighted by molar-refractivity contribution is 0.103. The van der Waals surface area contributed by atoms with Crippen LogP contribution in [0, 0.1) is 18.3 Å². The summed E-state index contributed by atoms with van der Waals surface area (Å²) in [5.41, 5.74) is 2.91. The van der Waals surface area contributed by atoms with Crippen LogP contribution in [-0.2, 0) is 12.2 Å². The van der Waals surface area contributed by atoms with Crippen molar-refractivity contribution >= 4 is 45.5 Å². The van der Waals surface area contributed by atoms with Gasteiger partial charge in [-0.3, -0.25) is 10.1 Å². The summed E-state index contributed by atoms with van der Waals surface area (Å²) < 4.78 is 0.793. The van der Waals surface area contributed by atoms with Gasteiger partial charge in [-0.05, 0) is 42.7 Å². The van der Waals surface area contributed by atoms with E-state index >= 15 is 0 Å². The van der Waals surface area contributed by atoms with Crippen molar-refractivity contribution in [2.24, 2.45) is 0 Å². The average molecular weight is 401 g/mol. The van der Waals surface area contributed by atoms with Crippen molar-refractivity contribution in [2.75, 3.05) is 5.32 Å². The molecule has 1 amide bonds. The van der Waals surface area contributed by atoms with Crippen LogP contribution in [0.15, 0.2) is 34.7 Å². The third-order valence-corrected chi connectivity index (χ3v) is 7.06. The quantitative estimate of drug-likeness (QED) is 0.471. The maximum atomic E-state index is 12.3. The molecule has 2 heterocycles. The lowest BCUT2D eigenvalue weighted by Gasteiger charge is -1.98. The van der Waals surface area contributed by atoms with Gasteiger partial charge in [0.1, 0.15) is 0 Å². The van der Waals surface area contributed by atoms with E-state index in [0.717, 1.165) is 27.6 Å². The number of hydrogen-bond acceptors (Lipinski definition) is 7. The first kappa shape index (κ1) is 18.6. The van der Waals surface area contributed by atoms with Crippen LogP contribution in [0.5, 0.6) is 0 Å². The van der Waals surface area contributed by atoms with Crippen molar-refractivity contribution in [3.63, 3.8) is 0 Å². The Hall–Kier alpha value is -2.21. The zero-order chi connectivity index (χ0) is 18.5. The van der Waals surface area contributed by atoms with Gasteiger partial charge >= 0.3 is 0 Å². The molecule has 3 rings (SSSR count). The molecule has 1 aromatic carbocycles. The molecule has 26 heavy (non-hydrogen) atoms. The van der Waals surface area contributed by atoms with Crippen LogP contribution in [0.2, 0.25) is 0 Å². The normalized spacial score (nSPS) is 10.5. The summed E-state index contributed by atoms with van der Waals surface area (Å²) in [6, 6.07) is 11.5. The highest BCUT2D eigenvalue weighted by atomic mass is 32.2. The van der Waals surface area contributed by atoms with Crippen LogP contribution in [0.4, 0.5) is 5.13 Å². The third kappa shape index (κ3) is 4.49. The molecule has 3 aromatic rings. The van der Waals surface area contributed by atoms with Crippen LogP contribution in [0.25, 0.3) is 0 Å². The SMILES string of the molecule is CCc1sc(C(=O)Nc2nnc(SCc3ccc(C#N)cc3)s2)cc1C. The first-order valence-corrected chi connectivity index (χ1v) is 10.6. The number of nitrogens with one attached hydrogen (secondary N) is 1. The maximum Gasteiger partial charge on any atom is 0.267 e. The number of thiophene rings is 1. The number of rotatable bonds is 6. The van der Waals surface area contributed by atoms with Crippen LogP contribution in [0.1, 0.15) is 38.2 Å². The summed E-state index contributed by atoms with van der Waals surface area (Å²) in [4.78, 5) is 14.3. The van der Waals surface area contributed by atoms with E-state index in [1.54, 1.807) is 23.9 Å². The van der Waals surface area contributed by atoms with Gasteiger partial charge < -0.3 is 0 Å². The molecule has 8 heteroatoms. The minimum Gasteiger partial charge on any atom is -0.296 e. The number of nitrogens with zero attached hydrogens (tertiary/aromatic N) is 3. The van der Waals surface area contributed by atoms with Gasteiger partial charge in [0.25, 0.3) is 5.91 Å². The Morgan fingerprint density at radius 1 is 1.27 bits per heavy atom. The summed E-state index contributed by atoms with van der Waals surface area (Å²) >= 11 is 4.44. The summed E-state index contributed by atoms with van der Waals surface area (Å²) in [6.45, 7) is 4.11. The zero-order valence-corrected chi connectivity index (χ0v) is 16.7. The minimum absolute atomic E-state index is 0.141. The van der Waals surface area contributed by atoms with Gasteiger partial charge in [0, 0.05) is 10.6 Å². The van der Waals surface area contributed by atoms with E-state index in [-0.39, 0.29) is 5.91 Å². The monoisotopic (exact) mass is 400 g/mol. The molecule has 0 aliphatic carbocycles. The topological polar surface area (TPSA) is 78.7 Å². The molecule has 0 unspecified atom stereocenters. The first-order chi connectivity index (χ1) is 12.6. The molecule has 2 aromatic heterocycles. The fourth-order valence-electron chi connectivity index (χ4n) is 2.28. The molecule has 0 fully saturated rings. The maximum absolute atomic E-state index is 12.3. The third-order valence-electron chi connectivity index (χ3n) is 3.64. The second-order valence-corrected chi connectivity index (χ2v) is 8.83. The number of thioether (sulfide) groups is 1. The number of amides is 1. The summed E-state index contributed by atoms with van der Waals surface area (Å²) in [7, 11) is 0. The lowest BCUT2D eigenvalue weighted by Crippen LogP contribution is -2.09. The molecular weight excluding hydrogens is 384 g/mol. The number of aromatic nitrogens is 2. The molecule has 132 valence electrons. The lowest BCUT2D eigenvalue weighted by atomic mass is 10.2.